The Kier molecular flexibility index (Phi) is 4.84. The van der Waals surface area contributed by atoms with Crippen LogP contribution >= 0.6 is 0 Å². The summed E-state index contributed by atoms with van der Waals surface area (Å²) in [6.45, 7) is 1.42. The second-order valence-corrected chi connectivity index (χ2v) is 6.85. The van der Waals surface area contributed by atoms with Crippen molar-refractivity contribution < 1.29 is 18.4 Å². The fourth-order valence-corrected chi connectivity index (χ4v) is 3.48. The van der Waals surface area contributed by atoms with E-state index >= 15 is 0 Å². The standard InChI is InChI=1S/C21H18F2N4O2/c1-12(28)24-13-5-7-14(8-6-13)25-21(29)20-16-3-2-4-19(16)27(26-20)15-9-10-17(22)18(23)11-15/h5-11H,2-4H2,1H3,(H,24,28)(H,25,29). The number of carbonyl (C=O) groups is 2. The third kappa shape index (κ3) is 3.73. The van der Waals surface area contributed by atoms with Gasteiger partial charge in [-0.2, -0.15) is 5.10 Å². The molecule has 0 saturated carbocycles. The number of rotatable bonds is 4. The fraction of sp³-hybridized carbons (Fsp3) is 0.190. The Hall–Kier alpha value is -3.55. The van der Waals surface area contributed by atoms with Crippen LogP contribution in [0.25, 0.3) is 5.69 Å². The number of anilines is 2. The van der Waals surface area contributed by atoms with Crippen molar-refractivity contribution in [3.8, 4) is 5.69 Å². The quantitative estimate of drug-likeness (QED) is 0.703. The minimum atomic E-state index is -0.963. The number of carbonyl (C=O) groups excluding carboxylic acids is 2. The summed E-state index contributed by atoms with van der Waals surface area (Å²) in [5.74, 6) is -2.45. The molecule has 2 N–H and O–H groups in total. The molecule has 0 radical (unpaired) electrons. The van der Waals surface area contributed by atoms with Gasteiger partial charge in [0.15, 0.2) is 17.3 Å². The summed E-state index contributed by atoms with van der Waals surface area (Å²) in [5.41, 5.74) is 3.48. The van der Waals surface area contributed by atoms with Crippen molar-refractivity contribution in [1.82, 2.24) is 9.78 Å². The summed E-state index contributed by atoms with van der Waals surface area (Å²) in [4.78, 5) is 23.9. The zero-order valence-electron chi connectivity index (χ0n) is 15.6. The van der Waals surface area contributed by atoms with E-state index in [2.05, 4.69) is 15.7 Å². The Bertz CT molecular complexity index is 1110. The van der Waals surface area contributed by atoms with Crippen molar-refractivity contribution in [2.75, 3.05) is 10.6 Å². The Balaban J connectivity index is 1.61. The molecule has 6 nitrogen and oxygen atoms in total. The second-order valence-electron chi connectivity index (χ2n) is 6.85. The lowest BCUT2D eigenvalue weighted by molar-refractivity contribution is -0.114. The van der Waals surface area contributed by atoms with Crippen molar-refractivity contribution in [3.63, 3.8) is 0 Å². The number of nitrogens with zero attached hydrogens (tertiary/aromatic N) is 2. The second kappa shape index (κ2) is 7.46. The van der Waals surface area contributed by atoms with Crippen LogP contribution in [0.1, 0.15) is 35.1 Å². The molecule has 1 heterocycles. The average molecular weight is 396 g/mol. The molecular weight excluding hydrogens is 378 g/mol. The van der Waals surface area contributed by atoms with Gasteiger partial charge in [-0.15, -0.1) is 0 Å². The third-order valence-corrected chi connectivity index (χ3v) is 4.76. The van der Waals surface area contributed by atoms with Gasteiger partial charge in [0.2, 0.25) is 5.91 Å². The molecule has 1 aliphatic rings. The first-order chi connectivity index (χ1) is 13.9. The summed E-state index contributed by atoms with van der Waals surface area (Å²) >= 11 is 0. The number of halogens is 2. The lowest BCUT2D eigenvalue weighted by atomic mass is 10.2. The molecule has 0 spiro atoms. The molecule has 3 aromatic rings. The zero-order valence-corrected chi connectivity index (χ0v) is 15.6. The van der Waals surface area contributed by atoms with Crippen LogP contribution < -0.4 is 10.6 Å². The van der Waals surface area contributed by atoms with Gasteiger partial charge in [0.05, 0.1) is 5.69 Å². The van der Waals surface area contributed by atoms with E-state index in [4.69, 9.17) is 0 Å². The molecule has 4 rings (SSSR count). The minimum absolute atomic E-state index is 0.180. The summed E-state index contributed by atoms with van der Waals surface area (Å²) in [6, 6.07) is 10.3. The predicted molar refractivity (Wildman–Crippen MR) is 104 cm³/mol. The molecule has 2 aromatic carbocycles. The van der Waals surface area contributed by atoms with E-state index in [0.29, 0.717) is 29.9 Å². The van der Waals surface area contributed by atoms with E-state index in [1.165, 1.54) is 17.7 Å². The SMILES string of the molecule is CC(=O)Nc1ccc(NC(=O)c2nn(-c3ccc(F)c(F)c3)c3c2CCC3)cc1. The largest absolute Gasteiger partial charge is 0.326 e. The van der Waals surface area contributed by atoms with Crippen LogP contribution in [0.3, 0.4) is 0 Å². The van der Waals surface area contributed by atoms with E-state index in [0.717, 1.165) is 29.8 Å². The summed E-state index contributed by atoms with van der Waals surface area (Å²) in [5, 5.41) is 9.83. The van der Waals surface area contributed by atoms with E-state index in [1.54, 1.807) is 24.3 Å². The van der Waals surface area contributed by atoms with Gasteiger partial charge in [0.1, 0.15) is 0 Å². The van der Waals surface area contributed by atoms with Crippen molar-refractivity contribution in [3.05, 3.63) is 71.1 Å². The molecular formula is C21H18F2N4O2. The van der Waals surface area contributed by atoms with Gasteiger partial charge in [0, 0.05) is 35.6 Å². The maximum Gasteiger partial charge on any atom is 0.276 e. The highest BCUT2D eigenvalue weighted by atomic mass is 19.2. The zero-order chi connectivity index (χ0) is 20.5. The van der Waals surface area contributed by atoms with Crippen molar-refractivity contribution in [1.29, 1.82) is 0 Å². The van der Waals surface area contributed by atoms with Crippen molar-refractivity contribution >= 4 is 23.2 Å². The highest BCUT2D eigenvalue weighted by Gasteiger charge is 2.27. The number of benzene rings is 2. The normalized spacial score (nSPS) is 12.5. The van der Waals surface area contributed by atoms with Crippen LogP contribution in [0.4, 0.5) is 20.2 Å². The number of aromatic nitrogens is 2. The highest BCUT2D eigenvalue weighted by Crippen LogP contribution is 2.29. The van der Waals surface area contributed by atoms with Gasteiger partial charge in [-0.25, -0.2) is 13.5 Å². The Morgan fingerprint density at radius 2 is 1.66 bits per heavy atom. The van der Waals surface area contributed by atoms with E-state index in [9.17, 15) is 18.4 Å². The molecule has 0 unspecified atom stereocenters. The van der Waals surface area contributed by atoms with Crippen LogP contribution in [0, 0.1) is 11.6 Å². The average Bonchev–Trinajstić information content (AvgIpc) is 3.28. The van der Waals surface area contributed by atoms with Gasteiger partial charge in [-0.3, -0.25) is 9.59 Å². The van der Waals surface area contributed by atoms with Gasteiger partial charge in [-0.1, -0.05) is 0 Å². The number of hydrogen-bond acceptors (Lipinski definition) is 3. The molecule has 0 saturated heterocycles. The number of nitrogens with one attached hydrogen (secondary N) is 2. The summed E-state index contributed by atoms with van der Waals surface area (Å²) < 4.78 is 28.4. The maximum absolute atomic E-state index is 13.7. The highest BCUT2D eigenvalue weighted by molar-refractivity contribution is 6.04. The van der Waals surface area contributed by atoms with Crippen LogP contribution in [0.5, 0.6) is 0 Å². The van der Waals surface area contributed by atoms with E-state index in [-0.39, 0.29) is 17.5 Å². The number of fused-ring (bicyclic) bond motifs is 1. The number of amides is 2. The molecule has 0 atom stereocenters. The topological polar surface area (TPSA) is 76.0 Å². The van der Waals surface area contributed by atoms with Gasteiger partial charge in [-0.05, 0) is 55.7 Å². The van der Waals surface area contributed by atoms with Gasteiger partial charge < -0.3 is 10.6 Å². The fourth-order valence-electron chi connectivity index (χ4n) is 3.48. The smallest absolute Gasteiger partial charge is 0.276 e. The van der Waals surface area contributed by atoms with Crippen LogP contribution in [-0.4, -0.2) is 21.6 Å². The molecule has 2 amide bonds. The summed E-state index contributed by atoms with van der Waals surface area (Å²) in [6.07, 6.45) is 2.27. The first-order valence-electron chi connectivity index (χ1n) is 9.17. The molecule has 148 valence electrons. The Morgan fingerprint density at radius 1 is 0.966 bits per heavy atom. The first kappa shape index (κ1) is 18.8. The molecule has 8 heteroatoms. The van der Waals surface area contributed by atoms with Gasteiger partial charge in [0.25, 0.3) is 5.91 Å². The molecule has 1 aromatic heterocycles. The van der Waals surface area contributed by atoms with Gasteiger partial charge >= 0.3 is 0 Å². The van der Waals surface area contributed by atoms with Crippen molar-refractivity contribution in [2.45, 2.75) is 26.2 Å². The molecule has 0 fully saturated rings. The van der Waals surface area contributed by atoms with Crippen molar-refractivity contribution in [2.24, 2.45) is 0 Å². The van der Waals surface area contributed by atoms with E-state index in [1.807, 2.05) is 0 Å². The van der Waals surface area contributed by atoms with Crippen LogP contribution in [0.15, 0.2) is 42.5 Å². The predicted octanol–water partition coefficient (Wildman–Crippen LogP) is 3.85. The lowest BCUT2D eigenvalue weighted by Gasteiger charge is -2.07. The Morgan fingerprint density at radius 3 is 2.31 bits per heavy atom. The molecule has 0 aliphatic heterocycles. The van der Waals surface area contributed by atoms with E-state index < -0.39 is 11.6 Å². The Labute approximate surface area is 165 Å². The lowest BCUT2D eigenvalue weighted by Crippen LogP contribution is -2.15. The van der Waals surface area contributed by atoms with Crippen LogP contribution in [-0.2, 0) is 17.6 Å². The maximum atomic E-state index is 13.7. The number of hydrogen-bond donors (Lipinski definition) is 2. The minimum Gasteiger partial charge on any atom is -0.326 e. The van der Waals surface area contributed by atoms with Crippen LogP contribution in [0.2, 0.25) is 0 Å². The summed E-state index contributed by atoms with van der Waals surface area (Å²) in [7, 11) is 0. The monoisotopic (exact) mass is 396 g/mol. The first-order valence-corrected chi connectivity index (χ1v) is 9.17. The molecule has 1 aliphatic carbocycles. The molecule has 29 heavy (non-hydrogen) atoms. The molecule has 0 bridgehead atoms. The third-order valence-electron chi connectivity index (χ3n) is 4.76.